The molecule has 0 amide bonds. The highest BCUT2D eigenvalue weighted by atomic mass is 31.2. The van der Waals surface area contributed by atoms with Crippen LogP contribution in [0, 0.1) is 5.92 Å². The van der Waals surface area contributed by atoms with E-state index in [1.165, 1.54) is 5.56 Å². The van der Waals surface area contributed by atoms with Crippen LogP contribution < -0.4 is 10.5 Å². The zero-order valence-electron chi connectivity index (χ0n) is 18.7. The maximum Gasteiger partial charge on any atom is 0.469 e. The molecule has 0 spiro atoms. The quantitative estimate of drug-likeness (QED) is 0.303. The van der Waals surface area contributed by atoms with Gasteiger partial charge in [0.1, 0.15) is 5.75 Å². The molecule has 0 aromatic heterocycles. The average molecular weight is 487 g/mol. The molecule has 1 fully saturated rings. The van der Waals surface area contributed by atoms with E-state index in [4.69, 9.17) is 25.0 Å². The van der Waals surface area contributed by atoms with Crippen molar-refractivity contribution < 1.29 is 33.5 Å². The summed E-state index contributed by atoms with van der Waals surface area (Å²) in [5.41, 5.74) is 6.42. The number of rotatable bonds is 11. The van der Waals surface area contributed by atoms with E-state index in [1.54, 1.807) is 12.1 Å². The van der Waals surface area contributed by atoms with Gasteiger partial charge in [0, 0.05) is 0 Å². The highest BCUT2D eigenvalue weighted by molar-refractivity contribution is 7.46. The van der Waals surface area contributed by atoms with E-state index in [9.17, 15) is 9.67 Å². The van der Waals surface area contributed by atoms with Crippen LogP contribution in [-0.2, 0) is 26.0 Å². The molecule has 182 valence electrons. The maximum atomic E-state index is 11.0. The largest absolute Gasteiger partial charge is 0.490 e. The van der Waals surface area contributed by atoms with Gasteiger partial charge in [-0.15, -0.1) is 0 Å². The molecule has 0 radical (unpaired) electrons. The normalized spacial score (nSPS) is 20.0. The predicted octanol–water partition coefficient (Wildman–Crippen LogP) is 3.47. The summed E-state index contributed by atoms with van der Waals surface area (Å²) in [4.78, 5) is 17.9. The molecule has 1 aliphatic rings. The zero-order valence-corrected chi connectivity index (χ0v) is 19.6. The van der Waals surface area contributed by atoms with Crippen LogP contribution in [0.5, 0.6) is 5.75 Å². The summed E-state index contributed by atoms with van der Waals surface area (Å²) in [5.74, 6) is 1.28. The van der Waals surface area contributed by atoms with Crippen molar-refractivity contribution in [2.24, 2.45) is 11.7 Å². The van der Waals surface area contributed by atoms with Crippen LogP contribution in [0.15, 0.2) is 66.7 Å². The van der Waals surface area contributed by atoms with E-state index in [-0.39, 0.29) is 6.10 Å². The molecule has 1 atom stereocenters. The van der Waals surface area contributed by atoms with Gasteiger partial charge in [0.05, 0.1) is 38.1 Å². The molecular formula is C25H30NO7P. The van der Waals surface area contributed by atoms with E-state index in [0.717, 1.165) is 36.0 Å². The highest BCUT2D eigenvalue weighted by Gasteiger charge is 2.32. The fraction of sp³-hybridized carbons (Fsp3) is 0.360. The summed E-state index contributed by atoms with van der Waals surface area (Å²) in [6, 6.07) is 21.2. The van der Waals surface area contributed by atoms with Gasteiger partial charge in [0.15, 0.2) is 0 Å². The predicted molar refractivity (Wildman–Crippen MR) is 128 cm³/mol. The van der Waals surface area contributed by atoms with Crippen molar-refractivity contribution in [3.05, 3.63) is 77.9 Å². The van der Waals surface area contributed by atoms with Crippen molar-refractivity contribution >= 4 is 18.6 Å². The molecule has 4 rings (SSSR count). The van der Waals surface area contributed by atoms with Crippen LogP contribution in [0.2, 0.25) is 0 Å². The Morgan fingerprint density at radius 2 is 1.71 bits per heavy atom. The first kappa shape index (κ1) is 24.8. The number of nitrogens with two attached hydrogens (primary N) is 1. The Morgan fingerprint density at radius 1 is 1.00 bits per heavy atom. The molecule has 5 N–H and O–H groups in total. The lowest BCUT2D eigenvalue weighted by molar-refractivity contribution is -0.00245. The molecule has 3 aromatic carbocycles. The number of hydrogen-bond acceptors (Lipinski definition) is 6. The molecule has 1 unspecified atom stereocenters. The molecule has 0 bridgehead atoms. The summed E-state index contributed by atoms with van der Waals surface area (Å²) < 4.78 is 27.5. The van der Waals surface area contributed by atoms with E-state index >= 15 is 0 Å². The molecule has 0 heterocycles. The first-order valence-corrected chi connectivity index (χ1v) is 12.7. The van der Waals surface area contributed by atoms with Gasteiger partial charge in [0.25, 0.3) is 0 Å². The van der Waals surface area contributed by atoms with Gasteiger partial charge >= 0.3 is 7.82 Å². The zero-order chi connectivity index (χ0) is 24.2. The Kier molecular flexibility index (Phi) is 7.70. The minimum absolute atomic E-state index is 0.165. The van der Waals surface area contributed by atoms with Gasteiger partial charge in [-0.25, -0.2) is 4.57 Å². The van der Waals surface area contributed by atoms with Crippen molar-refractivity contribution in [3.63, 3.8) is 0 Å². The van der Waals surface area contributed by atoms with Gasteiger partial charge < -0.3 is 30.1 Å². The second-order valence-electron chi connectivity index (χ2n) is 8.88. The van der Waals surface area contributed by atoms with Crippen LogP contribution in [0.25, 0.3) is 10.8 Å². The van der Waals surface area contributed by atoms with Crippen LogP contribution >= 0.6 is 7.82 Å². The number of phosphoric acid groups is 1. The standard InChI is InChI=1S/C25H30NO7P/c26-25(16-27,17-32-34(28,29)30)22-8-6-21-13-23(9-7-20(21)12-22)33-24-10-19(11-24)15-31-14-18-4-2-1-3-5-18/h1-9,12-13,19,24,27H,10-11,14-17,26H2,(H2,28,29,30)/t19-,24+,25?. The fourth-order valence-corrected chi connectivity index (χ4v) is 4.44. The molecule has 34 heavy (non-hydrogen) atoms. The lowest BCUT2D eigenvalue weighted by Crippen LogP contribution is -2.44. The third kappa shape index (κ3) is 6.43. The smallest absolute Gasteiger partial charge is 0.469 e. The summed E-state index contributed by atoms with van der Waals surface area (Å²) in [6.45, 7) is 0.310. The minimum atomic E-state index is -4.70. The Hall–Kier alpha value is -2.29. The second-order valence-corrected chi connectivity index (χ2v) is 10.1. The fourth-order valence-electron chi connectivity index (χ4n) is 4.04. The van der Waals surface area contributed by atoms with Crippen LogP contribution in [0.1, 0.15) is 24.0 Å². The summed E-state index contributed by atoms with van der Waals surface area (Å²) in [5, 5.41) is 11.5. The highest BCUT2D eigenvalue weighted by Crippen LogP contribution is 2.38. The van der Waals surface area contributed by atoms with Crippen LogP contribution in [0.4, 0.5) is 0 Å². The average Bonchev–Trinajstić information content (AvgIpc) is 2.80. The van der Waals surface area contributed by atoms with Crippen molar-refractivity contribution in [2.75, 3.05) is 19.8 Å². The monoisotopic (exact) mass is 487 g/mol. The maximum absolute atomic E-state index is 11.0. The number of ether oxygens (including phenoxy) is 2. The lowest BCUT2D eigenvalue weighted by atomic mass is 9.83. The van der Waals surface area contributed by atoms with Gasteiger partial charge in [-0.2, -0.15) is 0 Å². The summed E-state index contributed by atoms with van der Waals surface area (Å²) in [6.07, 6.45) is 2.08. The number of fused-ring (bicyclic) bond motifs is 1. The van der Waals surface area contributed by atoms with Gasteiger partial charge in [-0.3, -0.25) is 4.52 Å². The number of aliphatic hydroxyl groups is 1. The first-order chi connectivity index (χ1) is 16.2. The van der Waals surface area contributed by atoms with Crippen molar-refractivity contribution in [1.29, 1.82) is 0 Å². The Balaban J connectivity index is 1.30. The third-order valence-corrected chi connectivity index (χ3v) is 6.58. The van der Waals surface area contributed by atoms with Crippen LogP contribution in [0.3, 0.4) is 0 Å². The van der Waals surface area contributed by atoms with Gasteiger partial charge in [-0.05, 0) is 58.9 Å². The topological polar surface area (TPSA) is 131 Å². The molecule has 0 aliphatic heterocycles. The second kappa shape index (κ2) is 10.5. The van der Waals surface area contributed by atoms with Crippen molar-refractivity contribution in [2.45, 2.75) is 31.1 Å². The number of hydrogen-bond donors (Lipinski definition) is 4. The number of aliphatic hydroxyl groups excluding tert-OH is 1. The van der Waals surface area contributed by atoms with Crippen molar-refractivity contribution in [3.8, 4) is 5.75 Å². The molecular weight excluding hydrogens is 457 g/mol. The van der Waals surface area contributed by atoms with E-state index in [0.29, 0.717) is 18.1 Å². The molecule has 3 aromatic rings. The lowest BCUT2D eigenvalue weighted by Gasteiger charge is -2.35. The van der Waals surface area contributed by atoms with E-state index in [1.807, 2.05) is 42.5 Å². The SMILES string of the molecule is NC(CO)(COP(=O)(O)O)c1ccc2cc(O[C@H]3C[C@@H](COCc4ccccc4)C3)ccc2c1. The first-order valence-electron chi connectivity index (χ1n) is 11.2. The number of benzene rings is 3. The minimum Gasteiger partial charge on any atom is -0.490 e. The van der Waals surface area contributed by atoms with E-state index < -0.39 is 26.6 Å². The molecule has 0 saturated heterocycles. The molecule has 1 aliphatic carbocycles. The summed E-state index contributed by atoms with van der Waals surface area (Å²) >= 11 is 0. The molecule has 9 heteroatoms. The molecule has 8 nitrogen and oxygen atoms in total. The van der Waals surface area contributed by atoms with E-state index in [2.05, 4.69) is 16.7 Å². The van der Waals surface area contributed by atoms with Crippen LogP contribution in [-0.4, -0.2) is 40.8 Å². The Bertz CT molecular complexity index is 1150. The van der Waals surface area contributed by atoms with Gasteiger partial charge in [0.2, 0.25) is 0 Å². The molecule has 1 saturated carbocycles. The number of phosphoric ester groups is 1. The van der Waals surface area contributed by atoms with Crippen molar-refractivity contribution in [1.82, 2.24) is 0 Å². The third-order valence-electron chi connectivity index (χ3n) is 6.12. The Morgan fingerprint density at radius 3 is 2.41 bits per heavy atom. The summed E-state index contributed by atoms with van der Waals surface area (Å²) in [7, 11) is -4.70. The van der Waals surface area contributed by atoms with Gasteiger partial charge in [-0.1, -0.05) is 48.5 Å². The Labute approximate surface area is 198 Å².